The maximum absolute atomic E-state index is 14.4. The fourth-order valence-electron chi connectivity index (χ4n) is 3.82. The molecular formula is C26H27FN4O5S. The van der Waals surface area contributed by atoms with Crippen molar-refractivity contribution < 1.29 is 27.8 Å². The molecule has 0 aliphatic carbocycles. The van der Waals surface area contributed by atoms with Gasteiger partial charge in [0.25, 0.3) is 0 Å². The summed E-state index contributed by atoms with van der Waals surface area (Å²) in [6, 6.07) is 16.6. The van der Waals surface area contributed by atoms with E-state index in [1.165, 1.54) is 42.2 Å². The van der Waals surface area contributed by atoms with Gasteiger partial charge in [0.1, 0.15) is 40.3 Å². The lowest BCUT2D eigenvalue weighted by molar-refractivity contribution is 0.312. The van der Waals surface area contributed by atoms with Gasteiger partial charge in [-0.25, -0.2) is 17.5 Å². The summed E-state index contributed by atoms with van der Waals surface area (Å²) in [5.41, 5.74) is 1.05. The smallest absolute Gasteiger partial charge is 0.246 e. The molecule has 194 valence electrons. The van der Waals surface area contributed by atoms with Crippen LogP contribution in [-0.4, -0.2) is 60.0 Å². The number of aromatic nitrogens is 2. The Morgan fingerprint density at radius 3 is 2.54 bits per heavy atom. The number of hydrogen-bond donors (Lipinski definition) is 3. The van der Waals surface area contributed by atoms with Crippen LogP contribution in [0.25, 0.3) is 16.9 Å². The molecule has 1 aromatic heterocycles. The van der Waals surface area contributed by atoms with Gasteiger partial charge in [-0.05, 0) is 37.4 Å². The molecule has 0 spiro atoms. The molecule has 0 bridgehead atoms. The third-order valence-corrected chi connectivity index (χ3v) is 7.57. The number of hydrogen-bond acceptors (Lipinski definition) is 7. The third kappa shape index (κ3) is 5.43. The number of phenols is 2. The second kappa shape index (κ2) is 11.0. The van der Waals surface area contributed by atoms with Crippen molar-refractivity contribution in [1.82, 2.24) is 19.4 Å². The van der Waals surface area contributed by atoms with E-state index in [2.05, 4.69) is 10.4 Å². The zero-order valence-corrected chi connectivity index (χ0v) is 21.1. The van der Waals surface area contributed by atoms with Crippen LogP contribution in [0.3, 0.4) is 0 Å². The van der Waals surface area contributed by atoms with Gasteiger partial charge in [0, 0.05) is 37.3 Å². The number of halogens is 1. The minimum absolute atomic E-state index is 0.0269. The standard InChI is InChI=1S/C26H27FN4O5S/c1-28-13-14-36-25-10-6-3-7-18(25)17-30(2)37(34,35)26-15-19(23(32)16-24(26)33)21-11-12-29-31(21)22-9-5-4-8-20(22)27/h3-12,15-16,28,32-33H,13-14,17H2,1-2H3. The first-order chi connectivity index (χ1) is 17.7. The van der Waals surface area contributed by atoms with Crippen molar-refractivity contribution >= 4 is 10.0 Å². The van der Waals surface area contributed by atoms with E-state index in [-0.39, 0.29) is 29.2 Å². The van der Waals surface area contributed by atoms with Gasteiger partial charge in [-0.15, -0.1) is 0 Å². The first kappa shape index (κ1) is 26.1. The highest BCUT2D eigenvalue weighted by molar-refractivity contribution is 7.89. The zero-order valence-electron chi connectivity index (χ0n) is 20.3. The van der Waals surface area contributed by atoms with Crippen LogP contribution in [0.1, 0.15) is 5.56 Å². The first-order valence-electron chi connectivity index (χ1n) is 11.4. The summed E-state index contributed by atoms with van der Waals surface area (Å²) in [5.74, 6) is -1.01. The molecule has 0 radical (unpaired) electrons. The zero-order chi connectivity index (χ0) is 26.6. The predicted molar refractivity (Wildman–Crippen MR) is 137 cm³/mol. The lowest BCUT2D eigenvalue weighted by Crippen LogP contribution is -2.27. The molecule has 4 rings (SSSR count). The van der Waals surface area contributed by atoms with Gasteiger partial charge in [0.15, 0.2) is 0 Å². The Morgan fingerprint density at radius 2 is 1.78 bits per heavy atom. The highest BCUT2D eigenvalue weighted by Crippen LogP contribution is 2.39. The van der Waals surface area contributed by atoms with Crippen LogP contribution in [0.5, 0.6) is 17.2 Å². The molecule has 11 heteroatoms. The highest BCUT2D eigenvalue weighted by Gasteiger charge is 2.28. The number of aromatic hydroxyl groups is 2. The van der Waals surface area contributed by atoms with Crippen LogP contribution in [0.2, 0.25) is 0 Å². The van der Waals surface area contributed by atoms with Gasteiger partial charge in [0.05, 0.1) is 11.9 Å². The summed E-state index contributed by atoms with van der Waals surface area (Å²) in [6.45, 7) is 0.999. The third-order valence-electron chi connectivity index (χ3n) is 5.74. The Labute approximate surface area is 214 Å². The number of ether oxygens (including phenoxy) is 1. The van der Waals surface area contributed by atoms with Crippen molar-refractivity contribution in [1.29, 1.82) is 0 Å². The number of nitrogens with zero attached hydrogens (tertiary/aromatic N) is 3. The van der Waals surface area contributed by atoms with Crippen molar-refractivity contribution in [3.8, 4) is 34.2 Å². The van der Waals surface area contributed by atoms with Crippen LogP contribution >= 0.6 is 0 Å². The second-order valence-corrected chi connectivity index (χ2v) is 10.3. The summed E-state index contributed by atoms with van der Waals surface area (Å²) in [4.78, 5) is -0.419. The number of likely N-dealkylation sites (N-methyl/N-ethyl adjacent to an activating group) is 1. The molecule has 0 saturated carbocycles. The van der Waals surface area contributed by atoms with Gasteiger partial charge in [-0.1, -0.05) is 30.3 Å². The van der Waals surface area contributed by atoms with Gasteiger partial charge in [0.2, 0.25) is 10.0 Å². The number of phenolic OH excluding ortho intramolecular Hbond substituents is 2. The summed E-state index contributed by atoms with van der Waals surface area (Å²) in [5, 5.41) is 28.2. The summed E-state index contributed by atoms with van der Waals surface area (Å²) < 4.78 is 49.6. The van der Waals surface area contributed by atoms with Crippen molar-refractivity contribution in [3.63, 3.8) is 0 Å². The molecule has 37 heavy (non-hydrogen) atoms. The Balaban J connectivity index is 1.70. The molecule has 0 atom stereocenters. The van der Waals surface area contributed by atoms with Gasteiger partial charge in [-0.3, -0.25) is 0 Å². The minimum Gasteiger partial charge on any atom is -0.507 e. The van der Waals surface area contributed by atoms with E-state index in [1.54, 1.807) is 37.4 Å². The van der Waals surface area contributed by atoms with E-state index < -0.39 is 26.5 Å². The molecule has 0 aliphatic heterocycles. The first-order valence-corrected chi connectivity index (χ1v) is 12.8. The Morgan fingerprint density at radius 1 is 1.05 bits per heavy atom. The molecule has 0 amide bonds. The monoisotopic (exact) mass is 526 g/mol. The number of benzene rings is 3. The van der Waals surface area contributed by atoms with Crippen molar-refractivity contribution in [2.75, 3.05) is 27.2 Å². The molecule has 3 aromatic carbocycles. The lowest BCUT2D eigenvalue weighted by Gasteiger charge is -2.21. The quantitative estimate of drug-likeness (QED) is 0.271. The van der Waals surface area contributed by atoms with Crippen LogP contribution < -0.4 is 10.1 Å². The van der Waals surface area contributed by atoms with E-state index in [1.807, 2.05) is 0 Å². The van der Waals surface area contributed by atoms with Crippen molar-refractivity contribution in [2.45, 2.75) is 11.4 Å². The SMILES string of the molecule is CNCCOc1ccccc1CN(C)S(=O)(=O)c1cc(-c2ccnn2-c2ccccc2F)c(O)cc1O. The molecular weight excluding hydrogens is 499 g/mol. The minimum atomic E-state index is -4.23. The largest absolute Gasteiger partial charge is 0.507 e. The molecule has 4 aromatic rings. The predicted octanol–water partition coefficient (Wildman–Crippen LogP) is 3.51. The van der Waals surface area contributed by atoms with Gasteiger partial charge >= 0.3 is 0 Å². The fraction of sp³-hybridized carbons (Fsp3) is 0.192. The van der Waals surface area contributed by atoms with E-state index in [9.17, 15) is 23.0 Å². The molecule has 1 heterocycles. The topological polar surface area (TPSA) is 117 Å². The Hall–Kier alpha value is -3.93. The maximum Gasteiger partial charge on any atom is 0.246 e. The molecule has 0 fully saturated rings. The normalized spacial score (nSPS) is 11.7. The number of para-hydroxylation sites is 2. The van der Waals surface area contributed by atoms with Crippen LogP contribution in [0.15, 0.2) is 77.8 Å². The van der Waals surface area contributed by atoms with E-state index in [0.717, 1.165) is 16.4 Å². The average Bonchev–Trinajstić information content (AvgIpc) is 3.34. The maximum atomic E-state index is 14.4. The van der Waals surface area contributed by atoms with E-state index >= 15 is 0 Å². The fourth-order valence-corrected chi connectivity index (χ4v) is 5.06. The number of nitrogens with one attached hydrogen (secondary N) is 1. The summed E-state index contributed by atoms with van der Waals surface area (Å²) >= 11 is 0. The molecule has 9 nitrogen and oxygen atoms in total. The molecule has 3 N–H and O–H groups in total. The van der Waals surface area contributed by atoms with Crippen molar-refractivity contribution in [2.24, 2.45) is 0 Å². The molecule has 0 saturated heterocycles. The Bertz CT molecular complexity index is 1510. The number of rotatable bonds is 10. The summed E-state index contributed by atoms with van der Waals surface area (Å²) in [7, 11) is -1.04. The van der Waals surface area contributed by atoms with E-state index in [4.69, 9.17) is 4.74 Å². The lowest BCUT2D eigenvalue weighted by atomic mass is 10.1. The molecule has 0 aliphatic rings. The van der Waals surface area contributed by atoms with E-state index in [0.29, 0.717) is 24.5 Å². The van der Waals surface area contributed by atoms with Gasteiger partial charge in [-0.2, -0.15) is 9.40 Å². The molecule has 0 unspecified atom stereocenters. The van der Waals surface area contributed by atoms with Gasteiger partial charge < -0.3 is 20.3 Å². The number of sulfonamides is 1. The van der Waals surface area contributed by atoms with Crippen molar-refractivity contribution in [3.05, 3.63) is 84.3 Å². The van der Waals surface area contributed by atoms with Crippen LogP contribution in [-0.2, 0) is 16.6 Å². The second-order valence-electron chi connectivity index (χ2n) is 8.24. The average molecular weight is 527 g/mol. The summed E-state index contributed by atoms with van der Waals surface area (Å²) in [6.07, 6.45) is 1.40. The highest BCUT2D eigenvalue weighted by atomic mass is 32.2. The van der Waals surface area contributed by atoms with Crippen LogP contribution in [0, 0.1) is 5.82 Å². The van der Waals surface area contributed by atoms with Crippen LogP contribution in [0.4, 0.5) is 4.39 Å². The Kier molecular flexibility index (Phi) is 7.77.